The summed E-state index contributed by atoms with van der Waals surface area (Å²) in [5.41, 5.74) is 7.51. The molecule has 0 unspecified atom stereocenters. The Balaban J connectivity index is 2.14. The molecule has 1 aliphatic heterocycles. The van der Waals surface area contributed by atoms with E-state index in [1.807, 2.05) is 12.1 Å². The van der Waals surface area contributed by atoms with Crippen LogP contribution in [0.1, 0.15) is 38.5 Å². The third kappa shape index (κ3) is 4.25. The molecule has 118 valence electrons. The van der Waals surface area contributed by atoms with Gasteiger partial charge >= 0.3 is 0 Å². The number of hydrogen-bond acceptors (Lipinski definition) is 5. The van der Waals surface area contributed by atoms with E-state index in [2.05, 4.69) is 13.8 Å². The number of methoxy groups -OCH3 is 1. The fourth-order valence-corrected chi connectivity index (χ4v) is 2.17. The molecule has 0 aliphatic carbocycles. The van der Waals surface area contributed by atoms with E-state index >= 15 is 0 Å². The van der Waals surface area contributed by atoms with E-state index in [-0.39, 0.29) is 6.29 Å². The molecule has 0 aromatic heterocycles. The SMILES string of the molecule is COc1cc(C2OCCCO2)cc(N)c1OCCC(C)C. The molecule has 21 heavy (non-hydrogen) atoms. The maximum Gasteiger partial charge on any atom is 0.184 e. The molecule has 1 heterocycles. The van der Waals surface area contributed by atoms with Crippen LogP contribution in [0.4, 0.5) is 5.69 Å². The van der Waals surface area contributed by atoms with E-state index in [0.717, 1.165) is 18.4 Å². The van der Waals surface area contributed by atoms with E-state index in [0.29, 0.717) is 42.9 Å². The van der Waals surface area contributed by atoms with E-state index < -0.39 is 0 Å². The highest BCUT2D eigenvalue weighted by Crippen LogP contribution is 2.38. The Morgan fingerprint density at radius 2 is 2.00 bits per heavy atom. The van der Waals surface area contributed by atoms with Crippen LogP contribution >= 0.6 is 0 Å². The molecule has 0 spiro atoms. The van der Waals surface area contributed by atoms with Crippen LogP contribution in [0.3, 0.4) is 0 Å². The van der Waals surface area contributed by atoms with Crippen molar-refractivity contribution < 1.29 is 18.9 Å². The van der Waals surface area contributed by atoms with Gasteiger partial charge in [0.05, 0.1) is 32.6 Å². The second-order valence-corrected chi connectivity index (χ2v) is 5.60. The van der Waals surface area contributed by atoms with Crippen molar-refractivity contribution in [3.8, 4) is 11.5 Å². The molecule has 2 rings (SSSR count). The Morgan fingerprint density at radius 1 is 1.29 bits per heavy atom. The van der Waals surface area contributed by atoms with Crippen LogP contribution in [0.15, 0.2) is 12.1 Å². The molecule has 1 aromatic rings. The van der Waals surface area contributed by atoms with Crippen molar-refractivity contribution >= 4 is 5.69 Å². The Bertz CT molecular complexity index is 456. The highest BCUT2D eigenvalue weighted by atomic mass is 16.7. The van der Waals surface area contributed by atoms with Crippen LogP contribution in [-0.4, -0.2) is 26.9 Å². The lowest BCUT2D eigenvalue weighted by molar-refractivity contribution is -0.183. The molecule has 2 N–H and O–H groups in total. The molecule has 1 aliphatic rings. The molecule has 5 heteroatoms. The van der Waals surface area contributed by atoms with Crippen molar-refractivity contribution in [3.63, 3.8) is 0 Å². The Hall–Kier alpha value is -1.46. The molecule has 1 saturated heterocycles. The van der Waals surface area contributed by atoms with Gasteiger partial charge in [0.15, 0.2) is 17.8 Å². The molecule has 0 bridgehead atoms. The first kappa shape index (κ1) is 15.9. The minimum absolute atomic E-state index is 0.375. The number of nitrogen functional groups attached to an aromatic ring is 1. The standard InChI is InChI=1S/C16H25NO4/c1-11(2)5-8-19-15-13(17)9-12(10-14(15)18-3)16-20-6-4-7-21-16/h9-11,16H,4-8,17H2,1-3H3. The second kappa shape index (κ2) is 7.52. The summed E-state index contributed by atoms with van der Waals surface area (Å²) in [7, 11) is 1.61. The summed E-state index contributed by atoms with van der Waals surface area (Å²) in [5.74, 6) is 1.80. The van der Waals surface area contributed by atoms with Crippen molar-refractivity contribution in [2.45, 2.75) is 33.0 Å². The zero-order valence-corrected chi connectivity index (χ0v) is 13.1. The van der Waals surface area contributed by atoms with Gasteiger partial charge in [0.25, 0.3) is 0 Å². The molecule has 0 amide bonds. The van der Waals surface area contributed by atoms with Gasteiger partial charge < -0.3 is 24.7 Å². The van der Waals surface area contributed by atoms with Gasteiger partial charge in [0.2, 0.25) is 0 Å². The number of anilines is 1. The minimum Gasteiger partial charge on any atom is -0.493 e. The number of benzene rings is 1. The number of nitrogens with two attached hydrogens (primary N) is 1. The Labute approximate surface area is 126 Å². The van der Waals surface area contributed by atoms with Gasteiger partial charge in [-0.1, -0.05) is 13.8 Å². The van der Waals surface area contributed by atoms with Gasteiger partial charge in [-0.05, 0) is 30.9 Å². The third-order valence-electron chi connectivity index (χ3n) is 3.37. The summed E-state index contributed by atoms with van der Waals surface area (Å²) in [6.07, 6.45) is 1.51. The zero-order chi connectivity index (χ0) is 15.2. The van der Waals surface area contributed by atoms with Crippen LogP contribution < -0.4 is 15.2 Å². The highest BCUT2D eigenvalue weighted by Gasteiger charge is 2.20. The van der Waals surface area contributed by atoms with Crippen molar-refractivity contribution in [2.24, 2.45) is 5.92 Å². The minimum atomic E-state index is -0.375. The van der Waals surface area contributed by atoms with E-state index in [4.69, 9.17) is 24.7 Å². The van der Waals surface area contributed by atoms with Crippen LogP contribution in [-0.2, 0) is 9.47 Å². The van der Waals surface area contributed by atoms with Gasteiger partial charge in [-0.2, -0.15) is 0 Å². The first-order chi connectivity index (χ1) is 10.1. The van der Waals surface area contributed by atoms with Crippen LogP contribution in [0, 0.1) is 5.92 Å². The highest BCUT2D eigenvalue weighted by molar-refractivity contribution is 5.62. The average Bonchev–Trinajstić information content (AvgIpc) is 2.49. The maximum absolute atomic E-state index is 6.11. The van der Waals surface area contributed by atoms with Crippen molar-refractivity contribution in [3.05, 3.63) is 17.7 Å². The molecule has 0 saturated carbocycles. The molecule has 0 radical (unpaired) electrons. The van der Waals surface area contributed by atoms with Crippen LogP contribution in [0.5, 0.6) is 11.5 Å². The molecule has 1 aromatic carbocycles. The quantitative estimate of drug-likeness (QED) is 0.817. The van der Waals surface area contributed by atoms with E-state index in [1.165, 1.54) is 0 Å². The van der Waals surface area contributed by atoms with E-state index in [9.17, 15) is 0 Å². The fourth-order valence-electron chi connectivity index (χ4n) is 2.17. The van der Waals surface area contributed by atoms with Gasteiger partial charge in [0.1, 0.15) is 0 Å². The second-order valence-electron chi connectivity index (χ2n) is 5.60. The van der Waals surface area contributed by atoms with Crippen LogP contribution in [0.25, 0.3) is 0 Å². The number of hydrogen-bond donors (Lipinski definition) is 1. The summed E-state index contributed by atoms with van der Waals surface area (Å²) in [6, 6.07) is 3.71. The third-order valence-corrected chi connectivity index (χ3v) is 3.37. The topological polar surface area (TPSA) is 62.9 Å². The normalized spacial score (nSPS) is 16.2. The molecular formula is C16H25NO4. The lowest BCUT2D eigenvalue weighted by Gasteiger charge is -2.24. The predicted molar refractivity (Wildman–Crippen MR) is 81.6 cm³/mol. The maximum atomic E-state index is 6.11. The van der Waals surface area contributed by atoms with Crippen LogP contribution in [0.2, 0.25) is 0 Å². The van der Waals surface area contributed by atoms with Gasteiger partial charge in [0, 0.05) is 5.56 Å². The fraction of sp³-hybridized carbons (Fsp3) is 0.625. The summed E-state index contributed by atoms with van der Waals surface area (Å²) in [5, 5.41) is 0. The summed E-state index contributed by atoms with van der Waals surface area (Å²) in [6.45, 7) is 6.32. The number of ether oxygens (including phenoxy) is 4. The monoisotopic (exact) mass is 295 g/mol. The van der Waals surface area contributed by atoms with Gasteiger partial charge in [-0.15, -0.1) is 0 Å². The first-order valence-corrected chi connectivity index (χ1v) is 7.45. The molecular weight excluding hydrogens is 270 g/mol. The van der Waals surface area contributed by atoms with Gasteiger partial charge in [-0.25, -0.2) is 0 Å². The zero-order valence-electron chi connectivity index (χ0n) is 13.1. The molecule has 1 fully saturated rings. The lowest BCUT2D eigenvalue weighted by Crippen LogP contribution is -2.18. The smallest absolute Gasteiger partial charge is 0.184 e. The van der Waals surface area contributed by atoms with Crippen molar-refractivity contribution in [2.75, 3.05) is 32.7 Å². The molecule has 5 nitrogen and oxygen atoms in total. The van der Waals surface area contributed by atoms with Crippen molar-refractivity contribution in [1.29, 1.82) is 0 Å². The van der Waals surface area contributed by atoms with E-state index in [1.54, 1.807) is 7.11 Å². The summed E-state index contributed by atoms with van der Waals surface area (Å²) < 4.78 is 22.4. The van der Waals surface area contributed by atoms with Crippen molar-refractivity contribution in [1.82, 2.24) is 0 Å². The summed E-state index contributed by atoms with van der Waals surface area (Å²) in [4.78, 5) is 0. The number of rotatable bonds is 6. The summed E-state index contributed by atoms with van der Waals surface area (Å²) >= 11 is 0. The predicted octanol–water partition coefficient (Wildman–Crippen LogP) is 3.14. The largest absolute Gasteiger partial charge is 0.493 e. The average molecular weight is 295 g/mol. The Morgan fingerprint density at radius 3 is 2.62 bits per heavy atom. The molecule has 0 atom stereocenters. The Kier molecular flexibility index (Phi) is 5.70. The first-order valence-electron chi connectivity index (χ1n) is 7.45. The lowest BCUT2D eigenvalue weighted by atomic mass is 10.1. The van der Waals surface area contributed by atoms with Gasteiger partial charge in [-0.3, -0.25) is 0 Å².